The Morgan fingerprint density at radius 1 is 1.14 bits per heavy atom. The van der Waals surface area contributed by atoms with Gasteiger partial charge in [-0.05, 0) is 24.6 Å². The number of aromatic nitrogens is 1. The Hall–Kier alpha value is -2.19. The molecule has 0 saturated carbocycles. The summed E-state index contributed by atoms with van der Waals surface area (Å²) in [5.41, 5.74) is 0.677. The lowest BCUT2D eigenvalue weighted by molar-refractivity contribution is -0.137. The standard InChI is InChI=1S/C19H16Cl2N2O4S/c1-12(13-5-3-2-4-6-13)23(11-18(24)25)28(26,27)14-7-8-15-16(9-14)19(21)22-10-17(15)20/h2-10,12H,11H2,1H3,(H,24,25)/t12-/m0/s1. The molecule has 0 unspecified atom stereocenters. The number of hydrogen-bond donors (Lipinski definition) is 1. The second-order valence-corrected chi connectivity index (χ2v) is 8.79. The van der Waals surface area contributed by atoms with Crippen LogP contribution in [0.4, 0.5) is 0 Å². The van der Waals surface area contributed by atoms with E-state index in [0.717, 1.165) is 4.31 Å². The number of halogens is 2. The fraction of sp³-hybridized carbons (Fsp3) is 0.158. The molecule has 0 radical (unpaired) electrons. The molecule has 1 aromatic heterocycles. The maximum atomic E-state index is 13.3. The number of carbonyl (C=O) groups is 1. The third-order valence-corrected chi connectivity index (χ3v) is 6.89. The second-order valence-electron chi connectivity index (χ2n) is 6.13. The Kier molecular flexibility index (Phi) is 5.90. The van der Waals surface area contributed by atoms with Crippen LogP contribution in [0, 0.1) is 0 Å². The molecule has 0 bridgehead atoms. The van der Waals surface area contributed by atoms with Crippen LogP contribution in [0.25, 0.3) is 10.8 Å². The lowest BCUT2D eigenvalue weighted by Crippen LogP contribution is -2.37. The molecule has 3 aromatic rings. The van der Waals surface area contributed by atoms with Gasteiger partial charge in [-0.25, -0.2) is 13.4 Å². The molecular formula is C19H16Cl2N2O4S. The summed E-state index contributed by atoms with van der Waals surface area (Å²) in [6.07, 6.45) is 1.38. The summed E-state index contributed by atoms with van der Waals surface area (Å²) in [6, 6.07) is 12.4. The van der Waals surface area contributed by atoms with Crippen LogP contribution >= 0.6 is 23.2 Å². The number of benzene rings is 2. The van der Waals surface area contributed by atoms with Crippen molar-refractivity contribution in [3.05, 3.63) is 70.5 Å². The summed E-state index contributed by atoms with van der Waals surface area (Å²) in [5, 5.41) is 10.7. The average molecular weight is 439 g/mol. The molecule has 3 rings (SSSR count). The number of pyridine rings is 1. The van der Waals surface area contributed by atoms with Crippen molar-refractivity contribution in [3.63, 3.8) is 0 Å². The van der Waals surface area contributed by atoms with Gasteiger partial charge in [-0.2, -0.15) is 4.31 Å². The van der Waals surface area contributed by atoms with Crippen LogP contribution in [-0.4, -0.2) is 35.3 Å². The molecule has 28 heavy (non-hydrogen) atoms. The summed E-state index contributed by atoms with van der Waals surface area (Å²) < 4.78 is 27.5. The zero-order valence-electron chi connectivity index (χ0n) is 14.7. The van der Waals surface area contributed by atoms with Gasteiger partial charge in [-0.3, -0.25) is 4.79 Å². The first-order valence-electron chi connectivity index (χ1n) is 8.24. The van der Waals surface area contributed by atoms with Crippen LogP contribution in [0.15, 0.2) is 59.6 Å². The fourth-order valence-corrected chi connectivity index (χ4v) is 4.93. The van der Waals surface area contributed by atoms with Crippen molar-refractivity contribution >= 4 is 50.0 Å². The van der Waals surface area contributed by atoms with Crippen LogP contribution in [-0.2, 0) is 14.8 Å². The van der Waals surface area contributed by atoms with Crippen LogP contribution < -0.4 is 0 Å². The molecule has 9 heteroatoms. The van der Waals surface area contributed by atoms with E-state index in [1.54, 1.807) is 37.3 Å². The minimum atomic E-state index is -4.14. The maximum Gasteiger partial charge on any atom is 0.318 e. The number of rotatable bonds is 6. The quantitative estimate of drug-likeness (QED) is 0.576. The highest BCUT2D eigenvalue weighted by atomic mass is 35.5. The molecule has 6 nitrogen and oxygen atoms in total. The van der Waals surface area contributed by atoms with Gasteiger partial charge in [0, 0.05) is 23.0 Å². The summed E-state index contributed by atoms with van der Waals surface area (Å²) >= 11 is 12.2. The van der Waals surface area contributed by atoms with Crippen molar-refractivity contribution in [1.82, 2.24) is 9.29 Å². The first-order valence-corrected chi connectivity index (χ1v) is 10.4. The highest BCUT2D eigenvalue weighted by Gasteiger charge is 2.32. The summed E-state index contributed by atoms with van der Waals surface area (Å²) in [4.78, 5) is 15.2. The molecule has 2 aromatic carbocycles. The van der Waals surface area contributed by atoms with Crippen molar-refractivity contribution in [2.24, 2.45) is 0 Å². The van der Waals surface area contributed by atoms with Crippen LogP contribution in [0.2, 0.25) is 10.2 Å². The van der Waals surface area contributed by atoms with E-state index in [0.29, 0.717) is 21.4 Å². The van der Waals surface area contributed by atoms with E-state index in [-0.39, 0.29) is 10.0 Å². The Balaban J connectivity index is 2.12. The zero-order chi connectivity index (χ0) is 20.5. The summed E-state index contributed by atoms with van der Waals surface area (Å²) in [6.45, 7) is 0.959. The Morgan fingerprint density at radius 3 is 2.46 bits per heavy atom. The van der Waals surface area contributed by atoms with Gasteiger partial charge in [0.25, 0.3) is 0 Å². The maximum absolute atomic E-state index is 13.3. The average Bonchev–Trinajstić information content (AvgIpc) is 2.68. The predicted octanol–water partition coefficient (Wildman–Crippen LogP) is 4.38. The number of carboxylic acids is 1. The van der Waals surface area contributed by atoms with Crippen molar-refractivity contribution in [2.75, 3.05) is 6.54 Å². The van der Waals surface area contributed by atoms with E-state index >= 15 is 0 Å². The first kappa shape index (κ1) is 20.5. The molecule has 0 spiro atoms. The summed E-state index contributed by atoms with van der Waals surface area (Å²) in [7, 11) is -4.14. The molecule has 0 aliphatic carbocycles. The normalized spacial score (nSPS) is 13.0. The van der Waals surface area contributed by atoms with Gasteiger partial charge in [0.2, 0.25) is 10.0 Å². The van der Waals surface area contributed by atoms with Gasteiger partial charge >= 0.3 is 5.97 Å². The molecule has 0 aliphatic heterocycles. The lowest BCUT2D eigenvalue weighted by Gasteiger charge is -2.27. The van der Waals surface area contributed by atoms with E-state index < -0.39 is 28.6 Å². The van der Waals surface area contributed by atoms with E-state index in [9.17, 15) is 18.3 Å². The monoisotopic (exact) mass is 438 g/mol. The van der Waals surface area contributed by atoms with Crippen molar-refractivity contribution in [2.45, 2.75) is 17.9 Å². The van der Waals surface area contributed by atoms with E-state index in [4.69, 9.17) is 23.2 Å². The zero-order valence-corrected chi connectivity index (χ0v) is 17.0. The second kappa shape index (κ2) is 8.05. The third-order valence-electron chi connectivity index (χ3n) is 4.37. The largest absolute Gasteiger partial charge is 0.480 e. The topological polar surface area (TPSA) is 87.6 Å². The SMILES string of the molecule is C[C@@H](c1ccccc1)N(CC(=O)O)S(=O)(=O)c1ccc2c(Cl)cnc(Cl)c2c1. The molecular weight excluding hydrogens is 423 g/mol. The van der Waals surface area contributed by atoms with Crippen LogP contribution in [0.1, 0.15) is 18.5 Å². The van der Waals surface area contributed by atoms with Gasteiger partial charge in [0.1, 0.15) is 11.7 Å². The molecule has 1 atom stereocenters. The van der Waals surface area contributed by atoms with Gasteiger partial charge < -0.3 is 5.11 Å². The molecule has 0 amide bonds. The fourth-order valence-electron chi connectivity index (χ4n) is 2.91. The minimum absolute atomic E-state index is 0.0880. The molecule has 0 fully saturated rings. The van der Waals surface area contributed by atoms with Crippen LogP contribution in [0.5, 0.6) is 0 Å². The molecule has 0 saturated heterocycles. The van der Waals surface area contributed by atoms with Gasteiger partial charge in [-0.15, -0.1) is 0 Å². The van der Waals surface area contributed by atoms with E-state index in [1.807, 2.05) is 0 Å². The molecule has 1 N–H and O–H groups in total. The molecule has 0 aliphatic rings. The molecule has 146 valence electrons. The predicted molar refractivity (Wildman–Crippen MR) is 108 cm³/mol. The number of hydrogen-bond acceptors (Lipinski definition) is 4. The van der Waals surface area contributed by atoms with Gasteiger partial charge in [0.15, 0.2) is 0 Å². The van der Waals surface area contributed by atoms with Crippen molar-refractivity contribution in [1.29, 1.82) is 0 Å². The van der Waals surface area contributed by atoms with Crippen molar-refractivity contribution in [3.8, 4) is 0 Å². The highest BCUT2D eigenvalue weighted by molar-refractivity contribution is 7.89. The van der Waals surface area contributed by atoms with Crippen LogP contribution in [0.3, 0.4) is 0 Å². The minimum Gasteiger partial charge on any atom is -0.480 e. The Morgan fingerprint density at radius 2 is 1.82 bits per heavy atom. The molecule has 1 heterocycles. The van der Waals surface area contributed by atoms with E-state index in [1.165, 1.54) is 24.4 Å². The van der Waals surface area contributed by atoms with Gasteiger partial charge in [0.05, 0.1) is 9.92 Å². The smallest absolute Gasteiger partial charge is 0.318 e. The number of sulfonamides is 1. The number of aliphatic carboxylic acids is 1. The Bertz CT molecular complexity index is 1140. The van der Waals surface area contributed by atoms with Gasteiger partial charge in [-0.1, -0.05) is 59.6 Å². The number of fused-ring (bicyclic) bond motifs is 1. The lowest BCUT2D eigenvalue weighted by atomic mass is 10.1. The highest BCUT2D eigenvalue weighted by Crippen LogP contribution is 2.33. The van der Waals surface area contributed by atoms with E-state index in [2.05, 4.69) is 4.98 Å². The third kappa shape index (κ3) is 3.98. The van der Waals surface area contributed by atoms with Crippen molar-refractivity contribution < 1.29 is 18.3 Å². The Labute approximate surface area is 172 Å². The number of nitrogens with zero attached hydrogens (tertiary/aromatic N) is 2. The summed E-state index contributed by atoms with van der Waals surface area (Å²) in [5.74, 6) is -1.25. The first-order chi connectivity index (χ1) is 13.2. The number of carboxylic acid groups (broad SMARTS) is 1.